The van der Waals surface area contributed by atoms with Crippen molar-refractivity contribution in [1.82, 2.24) is 9.80 Å². The van der Waals surface area contributed by atoms with Crippen LogP contribution in [0.5, 0.6) is 11.5 Å². The first kappa shape index (κ1) is 38.3. The molecule has 2 aromatic rings. The molecule has 0 fully saturated rings. The van der Waals surface area contributed by atoms with E-state index >= 15 is 0 Å². The molecule has 0 saturated carbocycles. The normalized spacial score (nSPS) is 11.7. The minimum atomic E-state index is -1.26. The zero-order valence-corrected chi connectivity index (χ0v) is 26.8. The molecule has 218 valence electrons. The third-order valence-corrected chi connectivity index (χ3v) is 6.88. The molecular weight excluding hydrogens is 571 g/mol. The summed E-state index contributed by atoms with van der Waals surface area (Å²) in [6.45, 7) is 4.94. The number of aliphatic hydroxyl groups is 2. The molecule has 0 amide bonds. The summed E-state index contributed by atoms with van der Waals surface area (Å²) in [6.07, 6.45) is 1.93. The molecule has 0 aliphatic rings. The maximum Gasteiger partial charge on any atom is 1.00 e. The van der Waals surface area contributed by atoms with Crippen LogP contribution in [0, 0.1) is 0 Å². The van der Waals surface area contributed by atoms with Gasteiger partial charge in [-0.15, -0.1) is 0 Å². The Hall–Kier alpha value is -1.66. The second-order valence-corrected chi connectivity index (χ2v) is 9.28. The monoisotopic (exact) mass is 611 g/mol. The van der Waals surface area contributed by atoms with E-state index in [1.165, 1.54) is 11.0 Å². The molecular formula is C28H40FeN2NaO8+. The number of benzene rings is 2. The van der Waals surface area contributed by atoms with Gasteiger partial charge < -0.3 is 30.6 Å². The van der Waals surface area contributed by atoms with E-state index in [1.54, 1.807) is 17.0 Å². The molecule has 40 heavy (non-hydrogen) atoms. The fraction of sp³-hybridized carbons (Fsp3) is 0.500. The molecule has 12 heteroatoms. The van der Waals surface area contributed by atoms with Crippen molar-refractivity contribution >= 4 is 11.9 Å². The van der Waals surface area contributed by atoms with Crippen molar-refractivity contribution in [3.63, 3.8) is 0 Å². The first-order chi connectivity index (χ1) is 18.1. The molecule has 6 N–H and O–H groups in total. The minimum absolute atomic E-state index is 0. The summed E-state index contributed by atoms with van der Waals surface area (Å²) < 4.78 is 0. The first-order valence-corrected chi connectivity index (χ1v) is 12.9. The molecule has 0 heterocycles. The smallest absolute Gasteiger partial charge is 0.508 e. The Labute approximate surface area is 268 Å². The van der Waals surface area contributed by atoms with E-state index < -0.39 is 24.6 Å². The van der Waals surface area contributed by atoms with Crippen LogP contribution in [0.3, 0.4) is 0 Å². The predicted octanol–water partition coefficient (Wildman–Crippen LogP) is -0.887. The number of rotatable bonds is 16. The number of aliphatic carboxylic acids is 2. The molecule has 0 radical (unpaired) electrons. The van der Waals surface area contributed by atoms with Crippen LogP contribution in [0.2, 0.25) is 0 Å². The van der Waals surface area contributed by atoms with E-state index in [4.69, 9.17) is 0 Å². The Kier molecular flexibility index (Phi) is 17.9. The van der Waals surface area contributed by atoms with Crippen LogP contribution in [0.15, 0.2) is 24.3 Å². The van der Waals surface area contributed by atoms with Gasteiger partial charge in [0.1, 0.15) is 17.5 Å². The van der Waals surface area contributed by atoms with Crippen LogP contribution >= 0.6 is 0 Å². The van der Waals surface area contributed by atoms with E-state index in [1.807, 2.05) is 26.8 Å². The fourth-order valence-corrected chi connectivity index (χ4v) is 4.84. The fourth-order valence-electron chi connectivity index (χ4n) is 4.84. The Morgan fingerprint density at radius 1 is 0.825 bits per heavy atom. The van der Waals surface area contributed by atoms with Crippen LogP contribution in [0.1, 0.15) is 54.2 Å². The molecule has 10 nitrogen and oxygen atoms in total. The largest absolute Gasteiger partial charge is 1.00 e. The summed E-state index contributed by atoms with van der Waals surface area (Å²) in [4.78, 5) is 26.8. The SMILES string of the molecule is CCc1cc(CO)cc(O)c1CN(CCN(Cc1c(O)ccc(CC)c1CC)[C@H](CO)C(=O)O)CC(=O)O.[Fe].[Na+]. The van der Waals surface area contributed by atoms with Gasteiger partial charge in [0, 0.05) is 54.4 Å². The van der Waals surface area contributed by atoms with Crippen LogP contribution in [0.25, 0.3) is 0 Å². The van der Waals surface area contributed by atoms with Crippen LogP contribution in [-0.4, -0.2) is 84.7 Å². The Morgan fingerprint density at radius 2 is 1.48 bits per heavy atom. The molecule has 2 aromatic carbocycles. The van der Waals surface area contributed by atoms with Gasteiger partial charge in [0.2, 0.25) is 0 Å². The first-order valence-electron chi connectivity index (χ1n) is 12.9. The Balaban J connectivity index is 0.00000760. The summed E-state index contributed by atoms with van der Waals surface area (Å²) in [7, 11) is 0. The van der Waals surface area contributed by atoms with Crippen molar-refractivity contribution in [2.24, 2.45) is 0 Å². The number of carboxylic acids is 2. The number of phenolic OH excluding ortho intramolecular Hbond substituents is 2. The predicted molar refractivity (Wildman–Crippen MR) is 142 cm³/mol. The van der Waals surface area contributed by atoms with Gasteiger partial charge in [0.05, 0.1) is 19.8 Å². The van der Waals surface area contributed by atoms with Gasteiger partial charge in [-0.2, -0.15) is 0 Å². The number of hydrogen-bond donors (Lipinski definition) is 6. The third kappa shape index (κ3) is 10.3. The molecule has 0 aliphatic heterocycles. The quantitative estimate of drug-likeness (QED) is 0.132. The number of aryl methyl sites for hydroxylation is 2. The van der Waals surface area contributed by atoms with E-state index in [9.17, 15) is 40.2 Å². The molecule has 1 atom stereocenters. The van der Waals surface area contributed by atoms with Gasteiger partial charge in [0.15, 0.2) is 0 Å². The van der Waals surface area contributed by atoms with Gasteiger partial charge in [-0.25, -0.2) is 0 Å². The van der Waals surface area contributed by atoms with E-state index in [-0.39, 0.29) is 97.5 Å². The zero-order valence-electron chi connectivity index (χ0n) is 23.7. The number of aromatic hydroxyl groups is 2. The van der Waals surface area contributed by atoms with Crippen LogP contribution < -0.4 is 29.6 Å². The number of hydrogen-bond acceptors (Lipinski definition) is 8. The van der Waals surface area contributed by atoms with Gasteiger partial charge in [-0.05, 0) is 53.6 Å². The third-order valence-electron chi connectivity index (χ3n) is 6.88. The molecule has 2 rings (SSSR count). The van der Waals surface area contributed by atoms with Crippen molar-refractivity contribution in [1.29, 1.82) is 0 Å². The van der Waals surface area contributed by atoms with Crippen molar-refractivity contribution in [3.05, 3.63) is 57.6 Å². The summed E-state index contributed by atoms with van der Waals surface area (Å²) >= 11 is 0. The Bertz CT molecular complexity index is 1120. The van der Waals surface area contributed by atoms with Gasteiger partial charge in [0.25, 0.3) is 0 Å². The van der Waals surface area contributed by atoms with Gasteiger partial charge in [-0.3, -0.25) is 19.4 Å². The summed E-state index contributed by atoms with van der Waals surface area (Å²) in [6, 6.07) is 5.38. The summed E-state index contributed by atoms with van der Waals surface area (Å²) in [5.41, 5.74) is 4.40. The minimum Gasteiger partial charge on any atom is -0.508 e. The average Bonchev–Trinajstić information content (AvgIpc) is 2.88. The van der Waals surface area contributed by atoms with Crippen LogP contribution in [0.4, 0.5) is 0 Å². The second-order valence-electron chi connectivity index (χ2n) is 9.28. The number of aliphatic hydroxyl groups excluding tert-OH is 2. The van der Waals surface area contributed by atoms with Crippen molar-refractivity contribution in [2.45, 2.75) is 65.8 Å². The molecule has 0 saturated heterocycles. The standard InChI is InChI=1S/C28H40N2O8.Fe.Na/c1-4-19-7-8-25(33)23(21(19)6-3)14-30(24(17-32)28(37)38)10-9-29(15-27(35)36)13-22-20(5-2)11-18(16-31)12-26(22)34;;/h7-8,11-12,24,31-34H,4-6,9-10,13-17H2,1-3H3,(H,35,36)(H,37,38);;/q;;+1/t24-;;/m1../s1. The van der Waals surface area contributed by atoms with E-state index in [0.717, 1.165) is 23.1 Å². The van der Waals surface area contributed by atoms with Gasteiger partial charge >= 0.3 is 41.5 Å². The van der Waals surface area contributed by atoms with Crippen LogP contribution in [-0.2, 0) is 65.6 Å². The number of nitrogens with zero attached hydrogens (tertiary/aromatic N) is 2. The summed E-state index contributed by atoms with van der Waals surface area (Å²) in [5, 5.41) is 59.9. The Morgan fingerprint density at radius 3 is 1.98 bits per heavy atom. The maximum absolute atomic E-state index is 12.0. The zero-order chi connectivity index (χ0) is 28.4. The molecule has 0 spiro atoms. The molecule has 0 bridgehead atoms. The maximum atomic E-state index is 12.0. The van der Waals surface area contributed by atoms with E-state index in [2.05, 4.69) is 0 Å². The molecule has 0 aliphatic carbocycles. The summed E-state index contributed by atoms with van der Waals surface area (Å²) in [5.74, 6) is -2.32. The molecule has 0 aromatic heterocycles. The number of carboxylic acid groups (broad SMARTS) is 2. The van der Waals surface area contributed by atoms with Crippen molar-refractivity contribution in [2.75, 3.05) is 26.2 Å². The molecule has 0 unspecified atom stereocenters. The number of carbonyl (C=O) groups is 2. The van der Waals surface area contributed by atoms with Crippen molar-refractivity contribution in [3.8, 4) is 11.5 Å². The van der Waals surface area contributed by atoms with E-state index in [0.29, 0.717) is 29.5 Å². The average molecular weight is 611 g/mol. The second kappa shape index (κ2) is 18.7. The topological polar surface area (TPSA) is 162 Å². The van der Waals surface area contributed by atoms with Gasteiger partial charge in [-0.1, -0.05) is 32.9 Å². The number of phenols is 2. The van der Waals surface area contributed by atoms with Crippen molar-refractivity contribution < 1.29 is 86.9 Å².